The molecule has 0 aromatic carbocycles. The van der Waals surface area contributed by atoms with Crippen LogP contribution in [0.4, 0.5) is 0 Å². The molecule has 4 nitrogen and oxygen atoms in total. The highest BCUT2D eigenvalue weighted by atomic mass is 79.9. The van der Waals surface area contributed by atoms with Gasteiger partial charge in [-0.1, -0.05) is 0 Å². The Balaban J connectivity index is 2.22. The lowest BCUT2D eigenvalue weighted by molar-refractivity contribution is 0.413. The number of halogens is 1. The molecule has 5 heteroatoms. The van der Waals surface area contributed by atoms with Gasteiger partial charge in [0.15, 0.2) is 0 Å². The first-order valence-corrected chi connectivity index (χ1v) is 5.38. The summed E-state index contributed by atoms with van der Waals surface area (Å²) < 4.78 is 8.38. The van der Waals surface area contributed by atoms with Crippen molar-refractivity contribution in [3.05, 3.63) is 35.3 Å². The van der Waals surface area contributed by atoms with Crippen LogP contribution in [-0.2, 0) is 6.54 Å². The molecule has 0 spiro atoms. The number of imidazole rings is 1. The van der Waals surface area contributed by atoms with E-state index in [0.29, 0.717) is 11.8 Å². The maximum atomic E-state index is 5.58. The zero-order chi connectivity index (χ0) is 10.7. The molecule has 0 aliphatic heterocycles. The van der Waals surface area contributed by atoms with E-state index in [0.717, 1.165) is 11.0 Å². The van der Waals surface area contributed by atoms with Gasteiger partial charge in [-0.25, -0.2) is 4.98 Å². The topological polar surface area (TPSA) is 39.9 Å². The van der Waals surface area contributed by atoms with Crippen LogP contribution in [0.2, 0.25) is 0 Å². The molecule has 0 N–H and O–H groups in total. The third-order valence-electron chi connectivity index (χ3n) is 1.91. The van der Waals surface area contributed by atoms with E-state index in [1.165, 1.54) is 0 Å². The van der Waals surface area contributed by atoms with Crippen molar-refractivity contribution >= 4 is 15.9 Å². The van der Waals surface area contributed by atoms with E-state index in [1.807, 2.05) is 23.8 Å². The second-order valence-electron chi connectivity index (χ2n) is 2.94. The molecular weight excluding hydrogens is 258 g/mol. The van der Waals surface area contributed by atoms with Gasteiger partial charge in [-0.15, -0.1) is 0 Å². The van der Waals surface area contributed by atoms with Crippen molar-refractivity contribution in [1.82, 2.24) is 14.5 Å². The normalized spacial score (nSPS) is 10.3. The Hall–Kier alpha value is -1.36. The molecule has 0 saturated carbocycles. The first-order chi connectivity index (χ1) is 7.29. The number of rotatable bonds is 3. The molecule has 0 amide bonds. The van der Waals surface area contributed by atoms with Gasteiger partial charge < -0.3 is 9.30 Å². The SMILES string of the molecule is CCn1ccnc1Oc1cncc(Br)c1. The zero-order valence-electron chi connectivity index (χ0n) is 8.22. The number of nitrogens with zero attached hydrogens (tertiary/aromatic N) is 3. The summed E-state index contributed by atoms with van der Waals surface area (Å²) in [5.41, 5.74) is 0. The summed E-state index contributed by atoms with van der Waals surface area (Å²) in [5.74, 6) is 0.672. The molecule has 2 aromatic rings. The van der Waals surface area contributed by atoms with Gasteiger partial charge in [0.25, 0.3) is 0 Å². The van der Waals surface area contributed by atoms with Crippen LogP contribution in [0.15, 0.2) is 35.3 Å². The molecule has 0 saturated heterocycles. The van der Waals surface area contributed by atoms with E-state index in [1.54, 1.807) is 18.6 Å². The number of hydrogen-bond donors (Lipinski definition) is 0. The van der Waals surface area contributed by atoms with Crippen molar-refractivity contribution in [2.45, 2.75) is 13.5 Å². The summed E-state index contributed by atoms with van der Waals surface area (Å²) in [6, 6.07) is 2.43. The predicted octanol–water partition coefficient (Wildman–Crippen LogP) is 2.85. The van der Waals surface area contributed by atoms with Crippen LogP contribution in [0, 0.1) is 0 Å². The third kappa shape index (κ3) is 2.36. The summed E-state index contributed by atoms with van der Waals surface area (Å²) in [6.45, 7) is 2.87. The number of aromatic nitrogens is 3. The van der Waals surface area contributed by atoms with Gasteiger partial charge in [-0.2, -0.15) is 0 Å². The smallest absolute Gasteiger partial charge is 0.301 e. The van der Waals surface area contributed by atoms with Crippen molar-refractivity contribution in [1.29, 1.82) is 0 Å². The van der Waals surface area contributed by atoms with Crippen molar-refractivity contribution < 1.29 is 4.74 Å². The molecule has 2 heterocycles. The Labute approximate surface area is 96.1 Å². The summed E-state index contributed by atoms with van der Waals surface area (Å²) >= 11 is 3.33. The minimum atomic E-state index is 0.581. The zero-order valence-corrected chi connectivity index (χ0v) is 9.81. The fraction of sp³-hybridized carbons (Fsp3) is 0.200. The second kappa shape index (κ2) is 4.44. The molecule has 0 aliphatic rings. The van der Waals surface area contributed by atoms with Crippen LogP contribution >= 0.6 is 15.9 Å². The average Bonchev–Trinajstić information content (AvgIpc) is 2.65. The summed E-state index contributed by atoms with van der Waals surface area (Å²) in [6.07, 6.45) is 6.95. The number of hydrogen-bond acceptors (Lipinski definition) is 3. The maximum Gasteiger partial charge on any atom is 0.301 e. The molecule has 0 atom stereocenters. The molecule has 0 radical (unpaired) electrons. The number of ether oxygens (including phenoxy) is 1. The van der Waals surface area contributed by atoms with E-state index < -0.39 is 0 Å². The summed E-state index contributed by atoms with van der Waals surface area (Å²) in [5, 5.41) is 0. The largest absolute Gasteiger partial charge is 0.424 e. The van der Waals surface area contributed by atoms with E-state index in [-0.39, 0.29) is 0 Å². The van der Waals surface area contributed by atoms with E-state index in [9.17, 15) is 0 Å². The van der Waals surface area contributed by atoms with Gasteiger partial charge in [0.2, 0.25) is 0 Å². The maximum absolute atomic E-state index is 5.58. The standard InChI is InChI=1S/C10H10BrN3O/c1-2-14-4-3-13-10(14)15-9-5-8(11)6-12-7-9/h3-7H,2H2,1H3. The molecule has 2 rings (SSSR count). The molecule has 0 unspecified atom stereocenters. The van der Waals surface area contributed by atoms with Gasteiger partial charge in [0.05, 0.1) is 6.20 Å². The van der Waals surface area contributed by atoms with Gasteiger partial charge in [-0.3, -0.25) is 4.98 Å². The van der Waals surface area contributed by atoms with Crippen LogP contribution in [0.25, 0.3) is 0 Å². The van der Waals surface area contributed by atoms with E-state index in [2.05, 4.69) is 25.9 Å². The lowest BCUT2D eigenvalue weighted by Gasteiger charge is -2.05. The van der Waals surface area contributed by atoms with Crippen LogP contribution in [0.3, 0.4) is 0 Å². The Bertz CT molecular complexity index is 455. The highest BCUT2D eigenvalue weighted by Crippen LogP contribution is 2.21. The predicted molar refractivity (Wildman–Crippen MR) is 59.9 cm³/mol. The van der Waals surface area contributed by atoms with Gasteiger partial charge in [0, 0.05) is 29.6 Å². The highest BCUT2D eigenvalue weighted by Gasteiger charge is 2.04. The fourth-order valence-corrected chi connectivity index (χ4v) is 1.54. The van der Waals surface area contributed by atoms with Crippen molar-refractivity contribution in [2.75, 3.05) is 0 Å². The first kappa shape index (κ1) is 10.2. The van der Waals surface area contributed by atoms with Gasteiger partial charge in [0.1, 0.15) is 5.75 Å². The minimum absolute atomic E-state index is 0.581. The minimum Gasteiger partial charge on any atom is -0.424 e. The van der Waals surface area contributed by atoms with Gasteiger partial charge >= 0.3 is 6.01 Å². The molecule has 78 valence electrons. The monoisotopic (exact) mass is 267 g/mol. The quantitative estimate of drug-likeness (QED) is 0.859. The lowest BCUT2D eigenvalue weighted by atomic mass is 10.5. The van der Waals surface area contributed by atoms with Gasteiger partial charge in [-0.05, 0) is 28.9 Å². The molecule has 2 aromatic heterocycles. The first-order valence-electron chi connectivity index (χ1n) is 4.59. The van der Waals surface area contributed by atoms with Crippen molar-refractivity contribution in [2.24, 2.45) is 0 Å². The Morgan fingerprint density at radius 3 is 3.07 bits per heavy atom. The van der Waals surface area contributed by atoms with Crippen LogP contribution < -0.4 is 4.74 Å². The summed E-state index contributed by atoms with van der Waals surface area (Å²) in [4.78, 5) is 8.12. The van der Waals surface area contributed by atoms with Crippen LogP contribution in [0.5, 0.6) is 11.8 Å². The summed E-state index contributed by atoms with van der Waals surface area (Å²) in [7, 11) is 0. The number of pyridine rings is 1. The molecule has 0 aliphatic carbocycles. The molecule has 0 bridgehead atoms. The molecule has 15 heavy (non-hydrogen) atoms. The number of aryl methyl sites for hydroxylation is 1. The molecular formula is C10H10BrN3O. The Morgan fingerprint density at radius 2 is 2.33 bits per heavy atom. The van der Waals surface area contributed by atoms with E-state index in [4.69, 9.17) is 4.74 Å². The average molecular weight is 268 g/mol. The third-order valence-corrected chi connectivity index (χ3v) is 2.34. The fourth-order valence-electron chi connectivity index (χ4n) is 1.19. The lowest BCUT2D eigenvalue weighted by Crippen LogP contribution is -1.97. The van der Waals surface area contributed by atoms with Crippen LogP contribution in [-0.4, -0.2) is 14.5 Å². The van der Waals surface area contributed by atoms with Crippen LogP contribution in [0.1, 0.15) is 6.92 Å². The van der Waals surface area contributed by atoms with Crippen molar-refractivity contribution in [3.63, 3.8) is 0 Å². The van der Waals surface area contributed by atoms with Crippen molar-refractivity contribution in [3.8, 4) is 11.8 Å². The van der Waals surface area contributed by atoms with E-state index >= 15 is 0 Å². The Kier molecular flexibility index (Phi) is 3.01. The molecule has 0 fully saturated rings. The highest BCUT2D eigenvalue weighted by molar-refractivity contribution is 9.10. The Morgan fingerprint density at radius 1 is 1.47 bits per heavy atom. The second-order valence-corrected chi connectivity index (χ2v) is 3.85.